The third kappa shape index (κ3) is 9.05. The Morgan fingerprint density at radius 3 is 2.59 bits per heavy atom. The van der Waals surface area contributed by atoms with Gasteiger partial charge in [-0.1, -0.05) is 13.0 Å². The zero-order valence-electron chi connectivity index (χ0n) is 9.76. The first-order valence-corrected chi connectivity index (χ1v) is 6.08. The Morgan fingerprint density at radius 1 is 1.47 bits per heavy atom. The molecule has 0 rings (SSSR count). The van der Waals surface area contributed by atoms with E-state index in [4.69, 9.17) is 0 Å². The number of rotatable bonds is 7. The van der Waals surface area contributed by atoms with E-state index in [1.807, 2.05) is 6.92 Å². The topological polar surface area (TPSA) is 38.3 Å². The van der Waals surface area contributed by atoms with Gasteiger partial charge in [-0.2, -0.15) is 13.2 Å². The first kappa shape index (κ1) is 16.3. The average molecular weight is 271 g/mol. The number of alkyl halides is 3. The molecule has 0 bridgehead atoms. The van der Waals surface area contributed by atoms with Crippen molar-refractivity contribution in [2.45, 2.75) is 18.9 Å². The smallest absolute Gasteiger partial charge is 0.441 e. The summed E-state index contributed by atoms with van der Waals surface area (Å²) in [6, 6.07) is 0. The maximum atomic E-state index is 11.8. The van der Waals surface area contributed by atoms with Crippen molar-refractivity contribution in [1.29, 1.82) is 0 Å². The highest BCUT2D eigenvalue weighted by atomic mass is 32.2. The third-order valence-corrected chi connectivity index (χ3v) is 2.60. The molecule has 0 aliphatic carbocycles. The zero-order chi connectivity index (χ0) is 13.3. The molecule has 7 heteroatoms. The second-order valence-electron chi connectivity index (χ2n) is 3.07. The molecule has 0 unspecified atom stereocenters. The molecule has 0 heterocycles. The highest BCUT2D eigenvalue weighted by molar-refractivity contribution is 8.00. The van der Waals surface area contributed by atoms with Gasteiger partial charge in [0.15, 0.2) is 0 Å². The number of methoxy groups -OCH3 is 1. The van der Waals surface area contributed by atoms with Crippen LogP contribution in [-0.2, 0) is 9.53 Å². The first-order chi connectivity index (χ1) is 7.90. The maximum absolute atomic E-state index is 11.8. The molecule has 0 aliphatic rings. The number of hydrogen-bond acceptors (Lipinski definition) is 4. The van der Waals surface area contributed by atoms with Gasteiger partial charge in [0, 0.05) is 24.4 Å². The molecule has 0 saturated heterocycles. The van der Waals surface area contributed by atoms with Crippen LogP contribution in [0.25, 0.3) is 0 Å². The van der Waals surface area contributed by atoms with E-state index in [0.717, 1.165) is 0 Å². The highest BCUT2D eigenvalue weighted by Gasteiger charge is 2.27. The second kappa shape index (κ2) is 8.41. The summed E-state index contributed by atoms with van der Waals surface area (Å²) in [7, 11) is 1.29. The summed E-state index contributed by atoms with van der Waals surface area (Å²) in [6.07, 6.45) is 2.16. The predicted molar refractivity (Wildman–Crippen MR) is 61.8 cm³/mol. The molecule has 0 aliphatic heterocycles. The average Bonchev–Trinajstić information content (AvgIpc) is 2.26. The zero-order valence-corrected chi connectivity index (χ0v) is 10.6. The summed E-state index contributed by atoms with van der Waals surface area (Å²) in [6.45, 7) is 2.40. The summed E-state index contributed by atoms with van der Waals surface area (Å²) in [5, 5.41) is 2.80. The molecule has 0 radical (unpaired) electrons. The van der Waals surface area contributed by atoms with Gasteiger partial charge in [0.1, 0.15) is 0 Å². The second-order valence-corrected chi connectivity index (χ2v) is 4.23. The van der Waals surface area contributed by atoms with Crippen molar-refractivity contribution in [1.82, 2.24) is 5.32 Å². The predicted octanol–water partition coefficient (Wildman–Crippen LogP) is 2.34. The van der Waals surface area contributed by atoms with Crippen molar-refractivity contribution in [2.75, 3.05) is 26.0 Å². The fourth-order valence-electron chi connectivity index (χ4n) is 1.04. The van der Waals surface area contributed by atoms with E-state index < -0.39 is 11.5 Å². The quantitative estimate of drug-likeness (QED) is 0.438. The van der Waals surface area contributed by atoms with Crippen molar-refractivity contribution in [3.63, 3.8) is 0 Å². The van der Waals surface area contributed by atoms with E-state index in [1.54, 1.807) is 6.08 Å². The minimum atomic E-state index is -4.18. The van der Waals surface area contributed by atoms with Crippen molar-refractivity contribution in [3.05, 3.63) is 11.6 Å². The van der Waals surface area contributed by atoms with Crippen molar-refractivity contribution in [2.24, 2.45) is 0 Å². The van der Waals surface area contributed by atoms with Crippen molar-refractivity contribution >= 4 is 17.7 Å². The molecule has 0 aromatic rings. The summed E-state index contributed by atoms with van der Waals surface area (Å²) in [5.41, 5.74) is -3.67. The van der Waals surface area contributed by atoms with Crippen molar-refractivity contribution in [3.8, 4) is 0 Å². The Bertz CT molecular complexity index is 267. The Morgan fingerprint density at radius 2 is 2.12 bits per heavy atom. The Balaban J connectivity index is 3.75. The van der Waals surface area contributed by atoms with E-state index in [1.165, 1.54) is 7.11 Å². The lowest BCUT2D eigenvalue weighted by Crippen LogP contribution is -2.19. The molecule has 17 heavy (non-hydrogen) atoms. The van der Waals surface area contributed by atoms with Crippen LogP contribution in [0, 0.1) is 0 Å². The normalized spacial score (nSPS) is 12.6. The molecule has 100 valence electrons. The minimum Gasteiger partial charge on any atom is -0.466 e. The molecular weight excluding hydrogens is 255 g/mol. The molecule has 0 fully saturated rings. The van der Waals surface area contributed by atoms with Crippen LogP contribution in [0.5, 0.6) is 0 Å². The lowest BCUT2D eigenvalue weighted by atomic mass is 10.2. The van der Waals surface area contributed by atoms with Gasteiger partial charge in [-0.05, 0) is 18.2 Å². The van der Waals surface area contributed by atoms with Gasteiger partial charge in [-0.3, -0.25) is 0 Å². The molecule has 3 nitrogen and oxygen atoms in total. The van der Waals surface area contributed by atoms with E-state index in [0.29, 0.717) is 18.5 Å². The number of thioether (sulfide) groups is 1. The van der Waals surface area contributed by atoms with Gasteiger partial charge in [-0.25, -0.2) is 4.79 Å². The number of esters is 1. The minimum absolute atomic E-state index is 0.0446. The molecular formula is C10H16F3NO2S. The third-order valence-electron chi connectivity index (χ3n) is 1.87. The Hall–Kier alpha value is -0.690. The fourth-order valence-corrected chi connectivity index (χ4v) is 1.52. The number of ether oxygens (including phenoxy) is 1. The van der Waals surface area contributed by atoms with Crippen molar-refractivity contribution < 1.29 is 22.7 Å². The fraction of sp³-hybridized carbons (Fsp3) is 0.700. The maximum Gasteiger partial charge on any atom is 0.441 e. The summed E-state index contributed by atoms with van der Waals surface area (Å²) in [4.78, 5) is 11.1. The number of halogens is 3. The largest absolute Gasteiger partial charge is 0.466 e. The van der Waals surface area contributed by atoms with Crippen LogP contribution in [0.1, 0.15) is 13.3 Å². The number of nitrogens with one attached hydrogen (secondary N) is 1. The van der Waals surface area contributed by atoms with Crippen LogP contribution >= 0.6 is 11.8 Å². The number of carbonyl (C=O) groups excluding carboxylic acids is 1. The SMILES string of the molecule is CCC(=CCNCCSC(F)(F)F)C(=O)OC. The van der Waals surface area contributed by atoms with Gasteiger partial charge in [-0.15, -0.1) is 0 Å². The molecule has 1 N–H and O–H groups in total. The molecule has 0 amide bonds. The Labute approximate surface area is 103 Å². The van der Waals surface area contributed by atoms with Crippen LogP contribution in [0.3, 0.4) is 0 Å². The summed E-state index contributed by atoms with van der Waals surface area (Å²) < 4.78 is 39.8. The summed E-state index contributed by atoms with van der Waals surface area (Å²) >= 11 is -0.0659. The standard InChI is InChI=1S/C10H16F3NO2S/c1-3-8(9(15)16-2)4-5-14-6-7-17-10(11,12)13/h4,14H,3,5-7H2,1-2H3. The van der Waals surface area contributed by atoms with Crippen LogP contribution in [0.2, 0.25) is 0 Å². The molecule has 0 saturated carbocycles. The van der Waals surface area contributed by atoms with Crippen LogP contribution < -0.4 is 5.32 Å². The van der Waals surface area contributed by atoms with Crippen LogP contribution in [0.15, 0.2) is 11.6 Å². The lowest BCUT2D eigenvalue weighted by Gasteiger charge is -2.06. The van der Waals surface area contributed by atoms with Crippen LogP contribution in [0.4, 0.5) is 13.2 Å². The van der Waals surface area contributed by atoms with E-state index in [2.05, 4.69) is 10.1 Å². The van der Waals surface area contributed by atoms with E-state index >= 15 is 0 Å². The number of carbonyl (C=O) groups is 1. The van der Waals surface area contributed by atoms with Gasteiger partial charge < -0.3 is 10.1 Å². The monoisotopic (exact) mass is 271 g/mol. The molecule has 0 atom stereocenters. The molecule has 0 aromatic heterocycles. The summed E-state index contributed by atoms with van der Waals surface area (Å²) in [5.74, 6) is -0.448. The van der Waals surface area contributed by atoms with Crippen LogP contribution in [-0.4, -0.2) is 37.4 Å². The lowest BCUT2D eigenvalue weighted by molar-refractivity contribution is -0.136. The number of hydrogen-bond donors (Lipinski definition) is 1. The van der Waals surface area contributed by atoms with Gasteiger partial charge >= 0.3 is 11.5 Å². The molecule has 0 spiro atoms. The van der Waals surface area contributed by atoms with E-state index in [-0.39, 0.29) is 24.1 Å². The van der Waals surface area contributed by atoms with E-state index in [9.17, 15) is 18.0 Å². The first-order valence-electron chi connectivity index (χ1n) is 5.09. The Kier molecular flexibility index (Phi) is 8.07. The van der Waals surface area contributed by atoms with Gasteiger partial charge in [0.2, 0.25) is 0 Å². The highest BCUT2D eigenvalue weighted by Crippen LogP contribution is 2.29. The molecule has 0 aromatic carbocycles. The van der Waals surface area contributed by atoms with Gasteiger partial charge in [0.25, 0.3) is 0 Å². The van der Waals surface area contributed by atoms with Gasteiger partial charge in [0.05, 0.1) is 7.11 Å².